The predicted octanol–water partition coefficient (Wildman–Crippen LogP) is 1.03. The number of nitrogen functional groups attached to an aromatic ring is 1. The van der Waals surface area contributed by atoms with Crippen LogP contribution in [0.5, 0.6) is 0 Å². The molecule has 0 radical (unpaired) electrons. The first-order valence-electron chi connectivity index (χ1n) is 6.62. The van der Waals surface area contributed by atoms with Crippen molar-refractivity contribution in [2.75, 3.05) is 25.4 Å². The third kappa shape index (κ3) is 3.46. The first-order valence-corrected chi connectivity index (χ1v) is 8.10. The van der Waals surface area contributed by atoms with Gasteiger partial charge in [-0.05, 0) is 44.1 Å². The summed E-state index contributed by atoms with van der Waals surface area (Å²) in [5.41, 5.74) is 6.07. The summed E-state index contributed by atoms with van der Waals surface area (Å²) >= 11 is 0. The van der Waals surface area contributed by atoms with Crippen LogP contribution in [0.1, 0.15) is 19.8 Å². The van der Waals surface area contributed by atoms with E-state index in [4.69, 9.17) is 5.73 Å². The van der Waals surface area contributed by atoms with E-state index in [1.807, 2.05) is 0 Å². The largest absolute Gasteiger partial charge is 0.399 e. The number of rotatable bonds is 5. The van der Waals surface area contributed by atoms with E-state index >= 15 is 0 Å². The number of nitrogens with two attached hydrogens (primary N) is 1. The molecule has 5 nitrogen and oxygen atoms in total. The fraction of sp³-hybridized carbons (Fsp3) is 0.538. The third-order valence-electron chi connectivity index (χ3n) is 3.58. The fourth-order valence-electron chi connectivity index (χ4n) is 2.51. The normalized spacial score (nSPS) is 20.8. The summed E-state index contributed by atoms with van der Waals surface area (Å²) < 4.78 is 27.0. The summed E-state index contributed by atoms with van der Waals surface area (Å²) in [5.74, 6) is 0. The minimum Gasteiger partial charge on any atom is -0.399 e. The Balaban J connectivity index is 2.02. The van der Waals surface area contributed by atoms with Gasteiger partial charge in [-0.1, -0.05) is 13.0 Å². The Hall–Kier alpha value is -1.11. The summed E-state index contributed by atoms with van der Waals surface area (Å²) in [7, 11) is -3.46. The molecule has 0 aromatic heterocycles. The molecule has 3 N–H and O–H groups in total. The van der Waals surface area contributed by atoms with Gasteiger partial charge in [0.25, 0.3) is 0 Å². The number of sulfonamides is 1. The highest BCUT2D eigenvalue weighted by atomic mass is 32.2. The first kappa shape index (κ1) is 14.3. The van der Waals surface area contributed by atoms with Crippen LogP contribution in [0.3, 0.4) is 0 Å². The highest BCUT2D eigenvalue weighted by Gasteiger charge is 2.25. The maximum atomic E-state index is 12.2. The summed E-state index contributed by atoms with van der Waals surface area (Å²) in [4.78, 5) is 2.54. The smallest absolute Gasteiger partial charge is 0.240 e. The van der Waals surface area contributed by atoms with E-state index in [1.54, 1.807) is 18.2 Å². The number of nitrogens with zero attached hydrogens (tertiary/aromatic N) is 1. The quantitative estimate of drug-likeness (QED) is 0.792. The zero-order chi connectivity index (χ0) is 13.9. The van der Waals surface area contributed by atoms with E-state index in [-0.39, 0.29) is 4.90 Å². The van der Waals surface area contributed by atoms with Crippen molar-refractivity contribution in [3.05, 3.63) is 24.3 Å². The Kier molecular flexibility index (Phi) is 4.44. The highest BCUT2D eigenvalue weighted by Crippen LogP contribution is 2.17. The Bertz CT molecular complexity index is 530. The monoisotopic (exact) mass is 283 g/mol. The van der Waals surface area contributed by atoms with Crippen LogP contribution >= 0.6 is 0 Å². The first-order chi connectivity index (χ1) is 9.03. The molecule has 106 valence electrons. The van der Waals surface area contributed by atoms with Crippen LogP contribution in [0.4, 0.5) is 5.69 Å². The van der Waals surface area contributed by atoms with Gasteiger partial charge in [-0.25, -0.2) is 13.1 Å². The van der Waals surface area contributed by atoms with Gasteiger partial charge in [-0.2, -0.15) is 0 Å². The molecule has 1 aliphatic heterocycles. The zero-order valence-electron chi connectivity index (χ0n) is 11.2. The van der Waals surface area contributed by atoms with Crippen molar-refractivity contribution in [2.45, 2.75) is 30.7 Å². The molecule has 0 aliphatic carbocycles. The van der Waals surface area contributed by atoms with Gasteiger partial charge in [0, 0.05) is 18.3 Å². The number of nitrogens with one attached hydrogen (secondary N) is 1. The Morgan fingerprint density at radius 3 is 2.95 bits per heavy atom. The maximum Gasteiger partial charge on any atom is 0.240 e. The summed E-state index contributed by atoms with van der Waals surface area (Å²) in [6.07, 6.45) is 2.19. The molecular weight excluding hydrogens is 262 g/mol. The topological polar surface area (TPSA) is 75.4 Å². The lowest BCUT2D eigenvalue weighted by Crippen LogP contribution is -2.39. The van der Waals surface area contributed by atoms with Gasteiger partial charge in [0.2, 0.25) is 10.0 Å². The van der Waals surface area contributed by atoms with Gasteiger partial charge in [0.1, 0.15) is 0 Å². The van der Waals surface area contributed by atoms with E-state index in [0.29, 0.717) is 18.3 Å². The van der Waals surface area contributed by atoms with Gasteiger partial charge >= 0.3 is 0 Å². The minimum atomic E-state index is -3.46. The van der Waals surface area contributed by atoms with Gasteiger partial charge in [0.05, 0.1) is 4.90 Å². The molecule has 1 heterocycles. The van der Waals surface area contributed by atoms with Crippen molar-refractivity contribution in [2.24, 2.45) is 0 Å². The van der Waals surface area contributed by atoms with Crippen LogP contribution in [0.25, 0.3) is 0 Å². The average Bonchev–Trinajstić information content (AvgIpc) is 2.84. The molecule has 1 fully saturated rings. The minimum absolute atomic E-state index is 0.230. The number of likely N-dealkylation sites (tertiary alicyclic amines) is 1. The predicted molar refractivity (Wildman–Crippen MR) is 76.3 cm³/mol. The molecular formula is C13H21N3O2S. The van der Waals surface area contributed by atoms with Crippen molar-refractivity contribution in [3.8, 4) is 0 Å². The molecule has 1 aromatic carbocycles. The van der Waals surface area contributed by atoms with E-state index in [1.165, 1.54) is 6.07 Å². The van der Waals surface area contributed by atoms with Crippen molar-refractivity contribution >= 4 is 15.7 Å². The van der Waals surface area contributed by atoms with Gasteiger partial charge in [0.15, 0.2) is 0 Å². The average molecular weight is 283 g/mol. The lowest BCUT2D eigenvalue weighted by Gasteiger charge is -2.22. The number of benzene rings is 1. The van der Waals surface area contributed by atoms with Crippen LogP contribution < -0.4 is 10.5 Å². The molecule has 0 spiro atoms. The van der Waals surface area contributed by atoms with Crippen molar-refractivity contribution in [3.63, 3.8) is 0 Å². The standard InChI is InChI=1S/C13H21N3O2S/c1-2-16-8-4-6-12(16)10-15-19(17,18)13-7-3-5-11(14)9-13/h3,5,7,9,12,15H,2,4,6,8,10,14H2,1H3. The molecule has 1 unspecified atom stereocenters. The Morgan fingerprint density at radius 2 is 2.26 bits per heavy atom. The number of hydrogen-bond acceptors (Lipinski definition) is 4. The van der Waals surface area contributed by atoms with E-state index in [0.717, 1.165) is 25.9 Å². The third-order valence-corrected chi connectivity index (χ3v) is 5.00. The molecule has 19 heavy (non-hydrogen) atoms. The van der Waals surface area contributed by atoms with Crippen LogP contribution in [0, 0.1) is 0 Å². The lowest BCUT2D eigenvalue weighted by molar-refractivity contribution is 0.268. The fourth-order valence-corrected chi connectivity index (χ4v) is 3.64. The molecule has 0 amide bonds. The molecule has 2 rings (SSSR count). The van der Waals surface area contributed by atoms with Crippen LogP contribution in [0.15, 0.2) is 29.2 Å². The summed E-state index contributed by atoms with van der Waals surface area (Å²) in [6, 6.07) is 6.67. The number of hydrogen-bond donors (Lipinski definition) is 2. The zero-order valence-corrected chi connectivity index (χ0v) is 12.0. The van der Waals surface area contributed by atoms with Gasteiger partial charge in [-0.3, -0.25) is 4.90 Å². The van der Waals surface area contributed by atoms with Crippen LogP contribution in [0.2, 0.25) is 0 Å². The van der Waals surface area contributed by atoms with Crippen molar-refractivity contribution in [1.29, 1.82) is 0 Å². The Morgan fingerprint density at radius 1 is 1.47 bits per heavy atom. The lowest BCUT2D eigenvalue weighted by atomic mass is 10.2. The molecule has 1 aliphatic rings. The SMILES string of the molecule is CCN1CCCC1CNS(=O)(=O)c1cccc(N)c1. The van der Waals surface area contributed by atoms with E-state index in [2.05, 4.69) is 16.5 Å². The molecule has 1 atom stereocenters. The van der Waals surface area contributed by atoms with E-state index < -0.39 is 10.0 Å². The van der Waals surface area contributed by atoms with E-state index in [9.17, 15) is 8.42 Å². The second-order valence-corrected chi connectivity index (χ2v) is 6.62. The molecule has 1 saturated heterocycles. The number of likely N-dealkylation sites (N-methyl/N-ethyl adjacent to an activating group) is 1. The molecule has 6 heteroatoms. The number of anilines is 1. The molecule has 0 bridgehead atoms. The Labute approximate surface area is 114 Å². The highest BCUT2D eigenvalue weighted by molar-refractivity contribution is 7.89. The van der Waals surface area contributed by atoms with Crippen LogP contribution in [-0.2, 0) is 10.0 Å². The van der Waals surface area contributed by atoms with Crippen molar-refractivity contribution in [1.82, 2.24) is 9.62 Å². The summed E-state index contributed by atoms with van der Waals surface area (Å²) in [5, 5.41) is 0. The second kappa shape index (κ2) is 5.90. The van der Waals surface area contributed by atoms with Crippen molar-refractivity contribution < 1.29 is 8.42 Å². The molecule has 1 aromatic rings. The second-order valence-electron chi connectivity index (χ2n) is 4.85. The van der Waals surface area contributed by atoms with Gasteiger partial charge in [-0.15, -0.1) is 0 Å². The maximum absolute atomic E-state index is 12.2. The summed E-state index contributed by atoms with van der Waals surface area (Å²) in [6.45, 7) is 4.58. The molecule has 0 saturated carbocycles. The van der Waals surface area contributed by atoms with Gasteiger partial charge < -0.3 is 5.73 Å². The van der Waals surface area contributed by atoms with Crippen LogP contribution in [-0.4, -0.2) is 39.0 Å².